The van der Waals surface area contributed by atoms with Crippen molar-refractivity contribution in [3.63, 3.8) is 0 Å². The van der Waals surface area contributed by atoms with Gasteiger partial charge in [0.05, 0.1) is 17.5 Å². The fourth-order valence-corrected chi connectivity index (χ4v) is 5.96. The first-order valence-corrected chi connectivity index (χ1v) is 13.8. The number of hydrogen-bond acceptors (Lipinski definition) is 7. The molecule has 202 valence electrons. The summed E-state index contributed by atoms with van der Waals surface area (Å²) in [5.41, 5.74) is 5.16. The Morgan fingerprint density at radius 2 is 2.03 bits per heavy atom. The zero-order valence-electron chi connectivity index (χ0n) is 23.1. The zero-order valence-corrected chi connectivity index (χ0v) is 23.1. The standard InChI is InChI=1S/C30H36N8O/c1-28(2)17-32-25-20(16-33-29(3)8-9-29)10-23(36-26(25)28)27(39)35-22-7-5-6-21(11-22)30(12-19(13-30)15-31)14-24-37-34-18-38(24)4/h5-7,10-11,18-19,32-33H,8-9,12-14,16-17H2,1-4H3,(H,35,39). The third kappa shape index (κ3) is 4.78. The highest BCUT2D eigenvalue weighted by atomic mass is 16.1. The lowest BCUT2D eigenvalue weighted by molar-refractivity contribution is 0.102. The van der Waals surface area contributed by atoms with E-state index in [-0.39, 0.29) is 28.2 Å². The first-order chi connectivity index (χ1) is 18.6. The van der Waals surface area contributed by atoms with Crippen LogP contribution < -0.4 is 16.0 Å². The molecule has 3 aliphatic rings. The quantitative estimate of drug-likeness (QED) is 0.403. The molecule has 0 radical (unpaired) electrons. The third-order valence-corrected chi connectivity index (χ3v) is 8.88. The molecule has 1 amide bonds. The molecular weight excluding hydrogens is 488 g/mol. The minimum atomic E-state index is -0.220. The molecular formula is C30H36N8O. The third-order valence-electron chi connectivity index (χ3n) is 8.88. The molecule has 39 heavy (non-hydrogen) atoms. The molecule has 3 heterocycles. The number of benzene rings is 1. The summed E-state index contributed by atoms with van der Waals surface area (Å²) in [5.74, 6) is 0.692. The lowest BCUT2D eigenvalue weighted by Gasteiger charge is -2.45. The molecule has 2 saturated carbocycles. The molecule has 0 spiro atoms. The van der Waals surface area contributed by atoms with Gasteiger partial charge in [0.25, 0.3) is 5.91 Å². The molecule has 2 aliphatic carbocycles. The van der Waals surface area contributed by atoms with E-state index < -0.39 is 0 Å². The summed E-state index contributed by atoms with van der Waals surface area (Å²) in [6, 6.07) is 12.3. The van der Waals surface area contributed by atoms with Crippen molar-refractivity contribution in [1.82, 2.24) is 25.1 Å². The maximum absolute atomic E-state index is 13.6. The van der Waals surface area contributed by atoms with Gasteiger partial charge in [0, 0.05) is 54.5 Å². The number of nitriles is 1. The van der Waals surface area contributed by atoms with Crippen LogP contribution in [0.1, 0.15) is 79.6 Å². The minimum Gasteiger partial charge on any atom is -0.382 e. The van der Waals surface area contributed by atoms with E-state index in [1.807, 2.05) is 35.9 Å². The molecule has 9 nitrogen and oxygen atoms in total. The molecule has 1 aliphatic heterocycles. The Bertz CT molecular complexity index is 1470. The molecule has 0 bridgehead atoms. The Labute approximate surface area is 229 Å². The number of amides is 1. The van der Waals surface area contributed by atoms with Crippen molar-refractivity contribution in [3.05, 3.63) is 65.0 Å². The fourth-order valence-electron chi connectivity index (χ4n) is 5.96. The lowest BCUT2D eigenvalue weighted by atomic mass is 9.57. The van der Waals surface area contributed by atoms with Crippen molar-refractivity contribution in [2.45, 2.75) is 75.8 Å². The van der Waals surface area contributed by atoms with Crippen LogP contribution in [0.5, 0.6) is 0 Å². The predicted octanol–water partition coefficient (Wildman–Crippen LogP) is 4.22. The molecule has 6 rings (SSSR count). The first-order valence-electron chi connectivity index (χ1n) is 13.8. The number of rotatable bonds is 8. The van der Waals surface area contributed by atoms with Crippen LogP contribution in [0.15, 0.2) is 36.7 Å². The topological polar surface area (TPSA) is 121 Å². The van der Waals surface area contributed by atoms with Crippen LogP contribution in [0, 0.1) is 17.2 Å². The lowest BCUT2D eigenvalue weighted by Crippen LogP contribution is -2.43. The van der Waals surface area contributed by atoms with Gasteiger partial charge in [0.1, 0.15) is 17.8 Å². The number of pyridine rings is 1. The molecule has 0 atom stereocenters. The first kappa shape index (κ1) is 25.5. The summed E-state index contributed by atoms with van der Waals surface area (Å²) in [5, 5.41) is 28.1. The summed E-state index contributed by atoms with van der Waals surface area (Å²) in [6.45, 7) is 8.06. The van der Waals surface area contributed by atoms with Gasteiger partial charge in [-0.15, -0.1) is 10.2 Å². The van der Waals surface area contributed by atoms with E-state index in [0.717, 1.165) is 53.4 Å². The van der Waals surface area contributed by atoms with E-state index in [1.165, 1.54) is 12.8 Å². The van der Waals surface area contributed by atoms with Gasteiger partial charge in [-0.25, -0.2) is 4.98 Å². The van der Waals surface area contributed by atoms with Gasteiger partial charge < -0.3 is 20.5 Å². The SMILES string of the molecule is Cn1cnnc1CC1(c2cccc(NC(=O)c3cc(CNC4(C)CC4)c4c(n3)C(C)(C)CN4)c2)CC(C#N)C1. The van der Waals surface area contributed by atoms with Gasteiger partial charge in [-0.05, 0) is 61.9 Å². The number of nitrogens with zero attached hydrogens (tertiary/aromatic N) is 5. The molecule has 3 aromatic rings. The monoisotopic (exact) mass is 524 g/mol. The van der Waals surface area contributed by atoms with Crippen molar-refractivity contribution >= 4 is 17.3 Å². The fraction of sp³-hybridized carbons (Fsp3) is 0.500. The summed E-state index contributed by atoms with van der Waals surface area (Å²) in [7, 11) is 1.94. The number of carbonyl (C=O) groups is 1. The number of aromatic nitrogens is 4. The molecule has 0 saturated heterocycles. The van der Waals surface area contributed by atoms with Crippen molar-refractivity contribution in [2.75, 3.05) is 17.2 Å². The van der Waals surface area contributed by atoms with Crippen LogP contribution in [-0.2, 0) is 30.8 Å². The van der Waals surface area contributed by atoms with Crippen LogP contribution in [0.3, 0.4) is 0 Å². The summed E-state index contributed by atoms with van der Waals surface area (Å²) in [6.07, 6.45) is 6.28. The second kappa shape index (κ2) is 9.16. The number of carbonyl (C=O) groups excluding carboxylic acids is 1. The van der Waals surface area contributed by atoms with Gasteiger partial charge in [0.2, 0.25) is 0 Å². The van der Waals surface area contributed by atoms with E-state index in [0.29, 0.717) is 18.7 Å². The Kier molecular flexibility index (Phi) is 5.99. The Morgan fingerprint density at radius 3 is 2.72 bits per heavy atom. The van der Waals surface area contributed by atoms with Gasteiger partial charge in [-0.1, -0.05) is 26.0 Å². The Hall–Kier alpha value is -3.77. The van der Waals surface area contributed by atoms with Crippen molar-refractivity contribution < 1.29 is 4.79 Å². The van der Waals surface area contributed by atoms with Crippen molar-refractivity contribution in [2.24, 2.45) is 13.0 Å². The highest BCUT2D eigenvalue weighted by molar-refractivity contribution is 6.03. The highest BCUT2D eigenvalue weighted by Gasteiger charge is 2.46. The van der Waals surface area contributed by atoms with Crippen molar-refractivity contribution in [1.29, 1.82) is 5.26 Å². The van der Waals surface area contributed by atoms with Crippen LogP contribution >= 0.6 is 0 Å². The molecule has 0 unspecified atom stereocenters. The second-order valence-electron chi connectivity index (χ2n) is 12.6. The van der Waals surface area contributed by atoms with Crippen LogP contribution in [0.4, 0.5) is 11.4 Å². The summed E-state index contributed by atoms with van der Waals surface area (Å²) < 4.78 is 1.93. The smallest absolute Gasteiger partial charge is 0.274 e. The zero-order chi connectivity index (χ0) is 27.4. The van der Waals surface area contributed by atoms with E-state index in [4.69, 9.17) is 4.98 Å². The van der Waals surface area contributed by atoms with E-state index in [9.17, 15) is 10.1 Å². The Balaban J connectivity index is 1.26. The normalized spacial score (nSPS) is 23.7. The maximum atomic E-state index is 13.6. The highest BCUT2D eigenvalue weighted by Crippen LogP contribution is 2.50. The largest absolute Gasteiger partial charge is 0.382 e. The van der Waals surface area contributed by atoms with Gasteiger partial charge in [0.15, 0.2) is 0 Å². The van der Waals surface area contributed by atoms with E-state index in [2.05, 4.69) is 59.1 Å². The molecule has 2 aromatic heterocycles. The summed E-state index contributed by atoms with van der Waals surface area (Å²) in [4.78, 5) is 18.4. The molecule has 3 N–H and O–H groups in total. The van der Waals surface area contributed by atoms with Crippen LogP contribution in [-0.4, -0.2) is 37.7 Å². The number of nitrogens with one attached hydrogen (secondary N) is 3. The summed E-state index contributed by atoms with van der Waals surface area (Å²) >= 11 is 0. The number of fused-ring (bicyclic) bond motifs is 1. The molecule has 1 aromatic carbocycles. The maximum Gasteiger partial charge on any atom is 0.274 e. The average molecular weight is 525 g/mol. The van der Waals surface area contributed by atoms with Crippen molar-refractivity contribution in [3.8, 4) is 6.07 Å². The van der Waals surface area contributed by atoms with Crippen LogP contribution in [0.25, 0.3) is 0 Å². The van der Waals surface area contributed by atoms with Gasteiger partial charge in [-0.3, -0.25) is 4.79 Å². The van der Waals surface area contributed by atoms with Crippen LogP contribution in [0.2, 0.25) is 0 Å². The van der Waals surface area contributed by atoms with E-state index >= 15 is 0 Å². The number of hydrogen-bond donors (Lipinski definition) is 3. The average Bonchev–Trinajstić information content (AvgIpc) is 3.37. The van der Waals surface area contributed by atoms with Gasteiger partial charge >= 0.3 is 0 Å². The molecule has 9 heteroatoms. The second-order valence-corrected chi connectivity index (χ2v) is 12.6. The minimum absolute atomic E-state index is 0.0222. The van der Waals surface area contributed by atoms with Gasteiger partial charge in [-0.2, -0.15) is 5.26 Å². The Morgan fingerprint density at radius 1 is 1.23 bits per heavy atom. The van der Waals surface area contributed by atoms with E-state index in [1.54, 1.807) is 6.33 Å². The predicted molar refractivity (Wildman–Crippen MR) is 149 cm³/mol. The number of aryl methyl sites for hydroxylation is 1. The number of anilines is 2. The molecule has 2 fully saturated rings.